The van der Waals surface area contributed by atoms with E-state index in [1.807, 2.05) is 31.2 Å². The molecule has 0 bridgehead atoms. The molecule has 0 spiro atoms. The molecule has 0 atom stereocenters. The molecule has 0 saturated carbocycles. The summed E-state index contributed by atoms with van der Waals surface area (Å²) in [6, 6.07) is 7.35. The average molecular weight is 220 g/mol. The van der Waals surface area contributed by atoms with Crippen molar-refractivity contribution >= 4 is 6.03 Å². The summed E-state index contributed by atoms with van der Waals surface area (Å²) in [5.74, 6) is 0.731. The van der Waals surface area contributed by atoms with Gasteiger partial charge >= 0.3 is 6.03 Å². The first-order valence-electron chi connectivity index (χ1n) is 5.04. The van der Waals surface area contributed by atoms with E-state index in [1.165, 1.54) is 5.56 Å². The van der Waals surface area contributed by atoms with E-state index in [4.69, 9.17) is 4.74 Å². The molecule has 2 amide bonds. The zero-order chi connectivity index (χ0) is 11.8. The summed E-state index contributed by atoms with van der Waals surface area (Å²) in [6.07, 6.45) is 1.61. The van der Waals surface area contributed by atoms with Crippen LogP contribution in [-0.4, -0.2) is 19.3 Å². The van der Waals surface area contributed by atoms with Crippen LogP contribution in [0.5, 0.6) is 5.75 Å². The molecule has 0 radical (unpaired) electrons. The van der Waals surface area contributed by atoms with Gasteiger partial charge in [0.25, 0.3) is 0 Å². The normalized spacial score (nSPS) is 9.31. The van der Waals surface area contributed by atoms with Crippen LogP contribution in [0.15, 0.2) is 36.9 Å². The van der Waals surface area contributed by atoms with Crippen molar-refractivity contribution in [3.8, 4) is 5.75 Å². The Labute approximate surface area is 95.3 Å². The molecule has 2 N–H and O–H groups in total. The number of nitrogens with one attached hydrogen (secondary N) is 2. The van der Waals surface area contributed by atoms with Crippen LogP contribution in [0.25, 0.3) is 0 Å². The van der Waals surface area contributed by atoms with Crippen molar-refractivity contribution in [2.24, 2.45) is 0 Å². The smallest absolute Gasteiger partial charge is 0.317 e. The van der Waals surface area contributed by atoms with Crippen LogP contribution in [0.3, 0.4) is 0 Å². The number of ether oxygens (including phenoxy) is 1. The van der Waals surface area contributed by atoms with Crippen LogP contribution < -0.4 is 15.4 Å². The number of hydrogen-bond acceptors (Lipinski definition) is 2. The summed E-state index contributed by atoms with van der Waals surface area (Å²) in [5, 5.41) is 5.14. The molecule has 1 aromatic carbocycles. The summed E-state index contributed by atoms with van der Waals surface area (Å²) in [7, 11) is 0. The maximum Gasteiger partial charge on any atom is 0.317 e. The van der Waals surface area contributed by atoms with E-state index in [9.17, 15) is 4.79 Å². The molecule has 1 rings (SSSR count). The van der Waals surface area contributed by atoms with Crippen LogP contribution in [0, 0.1) is 6.92 Å². The van der Waals surface area contributed by atoms with Crippen LogP contribution in [0.2, 0.25) is 0 Å². The number of amides is 2. The molecule has 1 aromatic rings. The monoisotopic (exact) mass is 220 g/mol. The van der Waals surface area contributed by atoms with Gasteiger partial charge in [0.15, 0.2) is 6.73 Å². The van der Waals surface area contributed by atoms with Crippen molar-refractivity contribution in [1.82, 2.24) is 10.6 Å². The first-order valence-corrected chi connectivity index (χ1v) is 5.04. The zero-order valence-electron chi connectivity index (χ0n) is 9.32. The topological polar surface area (TPSA) is 50.4 Å². The summed E-state index contributed by atoms with van der Waals surface area (Å²) in [6.45, 7) is 6.09. The van der Waals surface area contributed by atoms with Gasteiger partial charge in [-0.15, -0.1) is 6.58 Å². The number of benzene rings is 1. The molecule has 0 aliphatic carbocycles. The third-order valence-electron chi connectivity index (χ3n) is 1.90. The third kappa shape index (κ3) is 4.50. The molecule has 0 aliphatic heterocycles. The lowest BCUT2D eigenvalue weighted by molar-refractivity contribution is 0.225. The summed E-state index contributed by atoms with van der Waals surface area (Å²) in [5.41, 5.74) is 1.17. The minimum Gasteiger partial charge on any atom is -0.473 e. The summed E-state index contributed by atoms with van der Waals surface area (Å²) >= 11 is 0. The highest BCUT2D eigenvalue weighted by molar-refractivity contribution is 5.73. The Hall–Kier alpha value is -1.97. The first-order chi connectivity index (χ1) is 7.72. The highest BCUT2D eigenvalue weighted by atomic mass is 16.5. The van der Waals surface area contributed by atoms with E-state index >= 15 is 0 Å². The molecular weight excluding hydrogens is 204 g/mol. The van der Waals surface area contributed by atoms with Crippen LogP contribution in [0.4, 0.5) is 4.79 Å². The van der Waals surface area contributed by atoms with Gasteiger partial charge < -0.3 is 15.4 Å². The van der Waals surface area contributed by atoms with E-state index in [-0.39, 0.29) is 12.8 Å². The van der Waals surface area contributed by atoms with Gasteiger partial charge in [-0.2, -0.15) is 0 Å². The zero-order valence-corrected chi connectivity index (χ0v) is 9.32. The van der Waals surface area contributed by atoms with E-state index in [2.05, 4.69) is 17.2 Å². The number of rotatable bonds is 5. The molecule has 4 nitrogen and oxygen atoms in total. The predicted molar refractivity (Wildman–Crippen MR) is 63.4 cm³/mol. The summed E-state index contributed by atoms with van der Waals surface area (Å²) in [4.78, 5) is 11.1. The lowest BCUT2D eigenvalue weighted by Crippen LogP contribution is -2.37. The van der Waals surface area contributed by atoms with Crippen molar-refractivity contribution in [1.29, 1.82) is 0 Å². The number of carbonyl (C=O) groups is 1. The molecule has 0 aliphatic rings. The van der Waals surface area contributed by atoms with E-state index in [0.29, 0.717) is 6.54 Å². The molecular formula is C12H16N2O2. The van der Waals surface area contributed by atoms with Crippen molar-refractivity contribution in [3.63, 3.8) is 0 Å². The molecule has 0 aromatic heterocycles. The fraction of sp³-hybridized carbons (Fsp3) is 0.250. The Kier molecular flexibility index (Phi) is 4.92. The summed E-state index contributed by atoms with van der Waals surface area (Å²) < 4.78 is 5.31. The minimum absolute atomic E-state index is 0.145. The van der Waals surface area contributed by atoms with Crippen molar-refractivity contribution in [2.45, 2.75) is 6.92 Å². The molecule has 4 heteroatoms. The predicted octanol–water partition coefficient (Wildman–Crippen LogP) is 1.82. The van der Waals surface area contributed by atoms with Gasteiger partial charge in [-0.1, -0.05) is 23.8 Å². The van der Waals surface area contributed by atoms with Gasteiger partial charge in [0, 0.05) is 6.54 Å². The first kappa shape index (κ1) is 12.1. The second kappa shape index (κ2) is 6.50. The van der Waals surface area contributed by atoms with E-state index in [1.54, 1.807) is 6.08 Å². The van der Waals surface area contributed by atoms with Gasteiger partial charge in [-0.05, 0) is 19.1 Å². The minimum atomic E-state index is -0.271. The third-order valence-corrected chi connectivity index (χ3v) is 1.90. The maximum absolute atomic E-state index is 11.1. The van der Waals surface area contributed by atoms with Crippen molar-refractivity contribution in [3.05, 3.63) is 42.5 Å². The SMILES string of the molecule is C=CCNC(=O)NCOc1ccc(C)cc1. The molecule has 86 valence electrons. The highest BCUT2D eigenvalue weighted by Crippen LogP contribution is 2.10. The van der Waals surface area contributed by atoms with Crippen LogP contribution in [0.1, 0.15) is 5.56 Å². The number of urea groups is 1. The number of carbonyl (C=O) groups excluding carboxylic acids is 1. The Morgan fingerprint density at radius 1 is 1.38 bits per heavy atom. The lowest BCUT2D eigenvalue weighted by atomic mass is 10.2. The number of aryl methyl sites for hydroxylation is 1. The fourth-order valence-electron chi connectivity index (χ4n) is 1.05. The Balaban J connectivity index is 2.22. The van der Waals surface area contributed by atoms with Gasteiger partial charge in [0.2, 0.25) is 0 Å². The van der Waals surface area contributed by atoms with Crippen molar-refractivity contribution in [2.75, 3.05) is 13.3 Å². The molecule has 0 unspecified atom stereocenters. The van der Waals surface area contributed by atoms with Gasteiger partial charge in [0.05, 0.1) is 0 Å². The van der Waals surface area contributed by atoms with Gasteiger partial charge in [0.1, 0.15) is 5.75 Å². The average Bonchev–Trinajstić information content (AvgIpc) is 2.29. The second-order valence-electron chi connectivity index (χ2n) is 3.28. The van der Waals surface area contributed by atoms with E-state index < -0.39 is 0 Å². The van der Waals surface area contributed by atoms with Crippen molar-refractivity contribution < 1.29 is 9.53 Å². The molecule has 0 fully saturated rings. The Bertz CT molecular complexity index is 347. The van der Waals surface area contributed by atoms with Crippen LogP contribution in [-0.2, 0) is 0 Å². The largest absolute Gasteiger partial charge is 0.473 e. The fourth-order valence-corrected chi connectivity index (χ4v) is 1.05. The second-order valence-corrected chi connectivity index (χ2v) is 3.28. The number of hydrogen-bond donors (Lipinski definition) is 2. The van der Waals surface area contributed by atoms with Gasteiger partial charge in [-0.25, -0.2) is 4.79 Å². The van der Waals surface area contributed by atoms with Crippen LogP contribution >= 0.6 is 0 Å². The molecule has 0 heterocycles. The Morgan fingerprint density at radius 2 is 2.06 bits per heavy atom. The molecule has 16 heavy (non-hydrogen) atoms. The Morgan fingerprint density at radius 3 is 2.69 bits per heavy atom. The quantitative estimate of drug-likeness (QED) is 0.587. The van der Waals surface area contributed by atoms with E-state index in [0.717, 1.165) is 5.75 Å². The standard InChI is InChI=1S/C12H16N2O2/c1-3-8-13-12(15)14-9-16-11-6-4-10(2)5-7-11/h3-7H,1,8-9H2,2H3,(H2,13,14,15). The maximum atomic E-state index is 11.1. The highest BCUT2D eigenvalue weighted by Gasteiger charge is 1.97. The lowest BCUT2D eigenvalue weighted by Gasteiger charge is -2.08. The van der Waals surface area contributed by atoms with Gasteiger partial charge in [-0.3, -0.25) is 0 Å². The molecule has 0 saturated heterocycles.